The van der Waals surface area contributed by atoms with E-state index in [2.05, 4.69) is 26.5 Å². The molecule has 0 bridgehead atoms. The molecule has 0 saturated heterocycles. The van der Waals surface area contributed by atoms with Crippen LogP contribution in [0.4, 0.5) is 11.9 Å². The standard InChI is InChI=1S/C25H21N9O/c1-15-6-5-11-28-19(15)13-29-25-31-23-21(17-9-10-20(35)33(2)14-17)22(30-24(27)34(23)32-25)18-8-4-3-7-16(18)12-26/h3-11,14H,13H2,1-2H3,(H2,27,30)(H,29,32). The number of hydrogen-bond acceptors (Lipinski definition) is 8. The van der Waals surface area contributed by atoms with Gasteiger partial charge in [-0.1, -0.05) is 24.3 Å². The average Bonchev–Trinajstić information content (AvgIpc) is 3.30. The van der Waals surface area contributed by atoms with Gasteiger partial charge in [-0.15, -0.1) is 5.10 Å². The van der Waals surface area contributed by atoms with Gasteiger partial charge >= 0.3 is 0 Å². The summed E-state index contributed by atoms with van der Waals surface area (Å²) in [6, 6.07) is 16.4. The van der Waals surface area contributed by atoms with Crippen molar-refractivity contribution in [1.82, 2.24) is 29.1 Å². The van der Waals surface area contributed by atoms with Crippen molar-refractivity contribution < 1.29 is 0 Å². The number of nitrogen functional groups attached to an aromatic ring is 1. The first-order valence-electron chi connectivity index (χ1n) is 10.8. The van der Waals surface area contributed by atoms with Crippen LogP contribution in [0.2, 0.25) is 0 Å². The lowest BCUT2D eigenvalue weighted by molar-refractivity contribution is 0.861. The molecule has 4 aromatic heterocycles. The van der Waals surface area contributed by atoms with Gasteiger partial charge in [-0.25, -0.2) is 4.98 Å². The van der Waals surface area contributed by atoms with Crippen LogP contribution in [0.15, 0.2) is 65.7 Å². The first-order chi connectivity index (χ1) is 17.0. The van der Waals surface area contributed by atoms with E-state index >= 15 is 0 Å². The Labute approximate surface area is 200 Å². The van der Waals surface area contributed by atoms with Gasteiger partial charge < -0.3 is 15.6 Å². The van der Waals surface area contributed by atoms with Crippen molar-refractivity contribution in [3.63, 3.8) is 0 Å². The molecule has 0 radical (unpaired) electrons. The van der Waals surface area contributed by atoms with Crippen LogP contribution in [0.1, 0.15) is 16.8 Å². The summed E-state index contributed by atoms with van der Waals surface area (Å²) in [5, 5.41) is 17.4. The summed E-state index contributed by atoms with van der Waals surface area (Å²) in [6.07, 6.45) is 3.44. The maximum Gasteiger partial charge on any atom is 0.250 e. The second-order valence-electron chi connectivity index (χ2n) is 8.01. The molecular weight excluding hydrogens is 442 g/mol. The van der Waals surface area contributed by atoms with Gasteiger partial charge in [0.05, 0.1) is 35.1 Å². The molecule has 10 nitrogen and oxygen atoms in total. The lowest BCUT2D eigenvalue weighted by atomic mass is 9.98. The van der Waals surface area contributed by atoms with Crippen LogP contribution in [-0.4, -0.2) is 29.1 Å². The van der Waals surface area contributed by atoms with Crippen LogP contribution < -0.4 is 16.6 Å². The van der Waals surface area contributed by atoms with Crippen LogP contribution in [0.5, 0.6) is 0 Å². The van der Waals surface area contributed by atoms with E-state index in [0.717, 1.165) is 11.3 Å². The fraction of sp³-hybridized carbons (Fsp3) is 0.120. The molecule has 0 unspecified atom stereocenters. The summed E-state index contributed by atoms with van der Waals surface area (Å²) in [5.41, 5.74) is 11.3. The minimum absolute atomic E-state index is 0.117. The predicted octanol–water partition coefficient (Wildman–Crippen LogP) is 2.93. The van der Waals surface area contributed by atoms with Gasteiger partial charge in [0, 0.05) is 36.6 Å². The Morgan fingerprint density at radius 2 is 1.94 bits per heavy atom. The van der Waals surface area contributed by atoms with E-state index in [1.165, 1.54) is 15.1 Å². The van der Waals surface area contributed by atoms with Crippen LogP contribution >= 0.6 is 0 Å². The highest BCUT2D eigenvalue weighted by Gasteiger charge is 2.22. The normalized spacial score (nSPS) is 10.9. The highest BCUT2D eigenvalue weighted by Crippen LogP contribution is 2.36. The number of fused-ring (bicyclic) bond motifs is 1. The molecule has 10 heteroatoms. The number of nitriles is 1. The number of hydrogen-bond donors (Lipinski definition) is 2. The Bertz CT molecular complexity index is 1680. The zero-order chi connectivity index (χ0) is 24.5. The maximum absolute atomic E-state index is 12.1. The number of nitrogens with two attached hydrogens (primary N) is 1. The molecule has 0 spiro atoms. The Hall–Kier alpha value is -5.04. The molecule has 3 N–H and O–H groups in total. The fourth-order valence-corrected chi connectivity index (χ4v) is 3.89. The second-order valence-corrected chi connectivity index (χ2v) is 8.01. The lowest BCUT2D eigenvalue weighted by Gasteiger charge is -2.13. The van der Waals surface area contributed by atoms with Crippen LogP contribution in [0, 0.1) is 18.3 Å². The highest BCUT2D eigenvalue weighted by molar-refractivity contribution is 5.92. The number of aryl methyl sites for hydroxylation is 2. The van der Waals surface area contributed by atoms with Gasteiger partial charge in [0.2, 0.25) is 17.5 Å². The van der Waals surface area contributed by atoms with E-state index in [1.54, 1.807) is 37.6 Å². The lowest BCUT2D eigenvalue weighted by Crippen LogP contribution is -2.14. The number of pyridine rings is 2. The fourth-order valence-electron chi connectivity index (χ4n) is 3.89. The summed E-state index contributed by atoms with van der Waals surface area (Å²) < 4.78 is 2.92. The van der Waals surface area contributed by atoms with Gasteiger partial charge in [-0.3, -0.25) is 9.78 Å². The van der Waals surface area contributed by atoms with E-state index in [4.69, 9.17) is 10.7 Å². The molecule has 5 aromatic rings. The molecule has 0 saturated carbocycles. The molecule has 35 heavy (non-hydrogen) atoms. The summed E-state index contributed by atoms with van der Waals surface area (Å²) in [5.74, 6) is 0.464. The molecule has 0 aliphatic rings. The molecule has 0 atom stereocenters. The van der Waals surface area contributed by atoms with E-state index in [-0.39, 0.29) is 11.5 Å². The van der Waals surface area contributed by atoms with Crippen molar-refractivity contribution >= 4 is 17.5 Å². The topological polar surface area (TPSA) is 140 Å². The molecule has 0 amide bonds. The number of rotatable bonds is 5. The maximum atomic E-state index is 12.1. The molecular formula is C25H21N9O. The van der Waals surface area contributed by atoms with E-state index in [9.17, 15) is 10.1 Å². The minimum atomic E-state index is -0.151. The summed E-state index contributed by atoms with van der Waals surface area (Å²) in [6.45, 7) is 2.41. The van der Waals surface area contributed by atoms with E-state index < -0.39 is 0 Å². The van der Waals surface area contributed by atoms with Gasteiger partial charge in [0.15, 0.2) is 5.65 Å². The third-order valence-electron chi connectivity index (χ3n) is 5.72. The number of anilines is 2. The number of nitrogens with one attached hydrogen (secondary N) is 1. The molecule has 5 rings (SSSR count). The van der Waals surface area contributed by atoms with Crippen LogP contribution in [-0.2, 0) is 13.6 Å². The van der Waals surface area contributed by atoms with Crippen molar-refractivity contribution in [3.8, 4) is 28.5 Å². The van der Waals surface area contributed by atoms with Crippen molar-refractivity contribution in [1.29, 1.82) is 5.26 Å². The molecule has 4 heterocycles. The quantitative estimate of drug-likeness (QED) is 0.405. The first-order valence-corrected chi connectivity index (χ1v) is 10.8. The average molecular weight is 464 g/mol. The third-order valence-corrected chi connectivity index (χ3v) is 5.72. The van der Waals surface area contributed by atoms with E-state index in [1.807, 2.05) is 31.2 Å². The number of benzene rings is 1. The van der Waals surface area contributed by atoms with Crippen LogP contribution in [0.3, 0.4) is 0 Å². The van der Waals surface area contributed by atoms with Crippen molar-refractivity contribution in [2.45, 2.75) is 13.5 Å². The Morgan fingerprint density at radius 1 is 1.11 bits per heavy atom. The van der Waals surface area contributed by atoms with Gasteiger partial charge in [-0.05, 0) is 30.7 Å². The summed E-state index contributed by atoms with van der Waals surface area (Å²) in [4.78, 5) is 25.8. The zero-order valence-corrected chi connectivity index (χ0v) is 19.1. The third kappa shape index (κ3) is 3.95. The zero-order valence-electron chi connectivity index (χ0n) is 19.1. The SMILES string of the molecule is Cc1cccnc1CNc1nc2c(-c3ccc(=O)n(C)c3)c(-c3ccccc3C#N)nc(N)n2n1. The second kappa shape index (κ2) is 8.72. The summed E-state index contributed by atoms with van der Waals surface area (Å²) >= 11 is 0. The van der Waals surface area contributed by atoms with E-state index in [0.29, 0.717) is 46.1 Å². The van der Waals surface area contributed by atoms with Crippen molar-refractivity contribution in [2.75, 3.05) is 11.1 Å². The number of nitrogens with zero attached hydrogens (tertiary/aromatic N) is 7. The van der Waals surface area contributed by atoms with Gasteiger partial charge in [0.25, 0.3) is 0 Å². The largest absolute Gasteiger partial charge is 0.368 e. The monoisotopic (exact) mass is 463 g/mol. The molecule has 0 fully saturated rings. The molecule has 1 aromatic carbocycles. The minimum Gasteiger partial charge on any atom is -0.368 e. The number of aromatic nitrogens is 6. The van der Waals surface area contributed by atoms with Crippen molar-refractivity contribution in [2.24, 2.45) is 7.05 Å². The molecule has 172 valence electrons. The predicted molar refractivity (Wildman–Crippen MR) is 132 cm³/mol. The molecule has 0 aliphatic carbocycles. The highest BCUT2D eigenvalue weighted by atomic mass is 16.1. The van der Waals surface area contributed by atoms with Crippen LogP contribution in [0.25, 0.3) is 28.0 Å². The van der Waals surface area contributed by atoms with Gasteiger partial charge in [0.1, 0.15) is 0 Å². The van der Waals surface area contributed by atoms with Crippen molar-refractivity contribution in [3.05, 3.63) is 88.1 Å². The smallest absolute Gasteiger partial charge is 0.250 e. The first kappa shape index (κ1) is 21.8. The molecule has 0 aliphatic heterocycles. The Balaban J connectivity index is 1.72. The Morgan fingerprint density at radius 3 is 2.71 bits per heavy atom. The van der Waals surface area contributed by atoms with Gasteiger partial charge in [-0.2, -0.15) is 14.8 Å². The summed E-state index contributed by atoms with van der Waals surface area (Å²) in [7, 11) is 1.67. The Kier molecular flexibility index (Phi) is 5.43.